The molecule has 5 heteroatoms. The smallest absolute Gasteiger partial charge is 0.306 e. The minimum absolute atomic E-state index is 0.133. The van der Waals surface area contributed by atoms with Crippen LogP contribution in [-0.4, -0.2) is 27.7 Å². The number of aliphatic carboxylic acids is 1. The van der Waals surface area contributed by atoms with Gasteiger partial charge in [0.1, 0.15) is 0 Å². The van der Waals surface area contributed by atoms with Crippen molar-refractivity contribution in [2.45, 2.75) is 43.6 Å². The Kier molecular flexibility index (Phi) is 2.56. The van der Waals surface area contributed by atoms with Crippen molar-refractivity contribution in [3.63, 3.8) is 0 Å². The molecule has 1 aliphatic carbocycles. The van der Waals surface area contributed by atoms with E-state index >= 15 is 0 Å². The van der Waals surface area contributed by atoms with Crippen LogP contribution in [0.1, 0.15) is 32.1 Å². The van der Waals surface area contributed by atoms with Gasteiger partial charge in [-0.05, 0) is 12.8 Å². The van der Waals surface area contributed by atoms with Crippen LogP contribution in [0.15, 0.2) is 0 Å². The zero-order valence-corrected chi connectivity index (χ0v) is 7.09. The molecular formula is C8H12F2O3. The molecular weight excluding hydrogens is 182 g/mol. The van der Waals surface area contributed by atoms with E-state index in [4.69, 9.17) is 5.11 Å². The molecule has 0 aromatic carbocycles. The first-order chi connectivity index (χ1) is 5.83. The molecule has 13 heavy (non-hydrogen) atoms. The van der Waals surface area contributed by atoms with Gasteiger partial charge in [0.2, 0.25) is 5.92 Å². The van der Waals surface area contributed by atoms with Crippen LogP contribution in [-0.2, 0) is 4.79 Å². The highest BCUT2D eigenvalue weighted by atomic mass is 19.3. The van der Waals surface area contributed by atoms with E-state index in [0.29, 0.717) is 0 Å². The molecule has 1 rings (SSSR count). The zero-order valence-electron chi connectivity index (χ0n) is 7.09. The van der Waals surface area contributed by atoms with Crippen LogP contribution in [0.2, 0.25) is 0 Å². The van der Waals surface area contributed by atoms with Gasteiger partial charge in [-0.3, -0.25) is 4.79 Å². The van der Waals surface area contributed by atoms with Crippen molar-refractivity contribution in [3.8, 4) is 0 Å². The first-order valence-corrected chi connectivity index (χ1v) is 4.15. The average molecular weight is 194 g/mol. The third-order valence-electron chi connectivity index (χ3n) is 2.39. The summed E-state index contributed by atoms with van der Waals surface area (Å²) in [7, 11) is 0. The minimum atomic E-state index is -2.73. The Morgan fingerprint density at radius 2 is 1.69 bits per heavy atom. The second-order valence-corrected chi connectivity index (χ2v) is 3.65. The zero-order chi connectivity index (χ0) is 10.1. The molecule has 0 heterocycles. The Balaban J connectivity index is 2.51. The molecule has 1 aliphatic rings. The number of carbonyl (C=O) groups is 1. The summed E-state index contributed by atoms with van der Waals surface area (Å²) in [5.41, 5.74) is -1.42. The summed E-state index contributed by atoms with van der Waals surface area (Å²) >= 11 is 0. The molecule has 0 bridgehead atoms. The van der Waals surface area contributed by atoms with Crippen molar-refractivity contribution in [3.05, 3.63) is 0 Å². The second-order valence-electron chi connectivity index (χ2n) is 3.65. The topological polar surface area (TPSA) is 57.5 Å². The van der Waals surface area contributed by atoms with Crippen LogP contribution < -0.4 is 0 Å². The van der Waals surface area contributed by atoms with E-state index in [2.05, 4.69) is 0 Å². The second kappa shape index (κ2) is 3.21. The Bertz CT molecular complexity index is 205. The number of rotatable bonds is 2. The van der Waals surface area contributed by atoms with Gasteiger partial charge in [-0.15, -0.1) is 0 Å². The fourth-order valence-corrected chi connectivity index (χ4v) is 1.54. The predicted octanol–water partition coefficient (Wildman–Crippen LogP) is 1.40. The minimum Gasteiger partial charge on any atom is -0.481 e. The summed E-state index contributed by atoms with van der Waals surface area (Å²) in [5, 5.41) is 18.0. The molecule has 0 aromatic rings. The Hall–Kier alpha value is -0.710. The lowest BCUT2D eigenvalue weighted by atomic mass is 9.81. The maximum absolute atomic E-state index is 12.6. The van der Waals surface area contributed by atoms with E-state index in [9.17, 15) is 18.7 Å². The van der Waals surface area contributed by atoms with Crippen LogP contribution in [0.3, 0.4) is 0 Å². The SMILES string of the molecule is O=C(O)CC1(O)CCC(F)(F)CC1. The maximum atomic E-state index is 12.6. The number of hydrogen-bond acceptors (Lipinski definition) is 2. The van der Waals surface area contributed by atoms with Crippen molar-refractivity contribution >= 4 is 5.97 Å². The maximum Gasteiger partial charge on any atom is 0.306 e. The van der Waals surface area contributed by atoms with Crippen LogP contribution in [0.4, 0.5) is 8.78 Å². The Morgan fingerprint density at radius 1 is 1.23 bits per heavy atom. The van der Waals surface area contributed by atoms with Gasteiger partial charge in [0.15, 0.2) is 0 Å². The highest BCUT2D eigenvalue weighted by Gasteiger charge is 2.43. The predicted molar refractivity (Wildman–Crippen MR) is 40.6 cm³/mol. The molecule has 0 atom stereocenters. The quantitative estimate of drug-likeness (QED) is 0.698. The number of carboxylic acid groups (broad SMARTS) is 1. The number of halogens is 2. The highest BCUT2D eigenvalue weighted by Crippen LogP contribution is 2.39. The van der Waals surface area contributed by atoms with Crippen molar-refractivity contribution in [2.24, 2.45) is 0 Å². The van der Waals surface area contributed by atoms with E-state index in [0.717, 1.165) is 0 Å². The lowest BCUT2D eigenvalue weighted by Gasteiger charge is -2.34. The third-order valence-corrected chi connectivity index (χ3v) is 2.39. The van der Waals surface area contributed by atoms with Gasteiger partial charge in [-0.1, -0.05) is 0 Å². The van der Waals surface area contributed by atoms with Gasteiger partial charge in [-0.2, -0.15) is 0 Å². The highest BCUT2D eigenvalue weighted by molar-refractivity contribution is 5.68. The van der Waals surface area contributed by atoms with Gasteiger partial charge in [0, 0.05) is 12.8 Å². The van der Waals surface area contributed by atoms with E-state index < -0.39 is 36.8 Å². The van der Waals surface area contributed by atoms with E-state index in [1.54, 1.807) is 0 Å². The molecule has 1 fully saturated rings. The third kappa shape index (κ3) is 2.91. The summed E-state index contributed by atoms with van der Waals surface area (Å²) in [6.07, 6.45) is -1.55. The molecule has 0 unspecified atom stereocenters. The average Bonchev–Trinajstić information content (AvgIpc) is 1.95. The standard InChI is InChI=1S/C8H12F2O3/c9-8(10)3-1-7(13,2-4-8)5-6(11)12/h13H,1-5H2,(H,11,12). The number of hydrogen-bond donors (Lipinski definition) is 2. The first kappa shape index (κ1) is 10.4. The van der Waals surface area contributed by atoms with Gasteiger partial charge in [0.25, 0.3) is 0 Å². The van der Waals surface area contributed by atoms with Crippen LogP contribution in [0.5, 0.6) is 0 Å². The van der Waals surface area contributed by atoms with Gasteiger partial charge < -0.3 is 10.2 Å². The molecule has 0 aromatic heterocycles. The summed E-state index contributed by atoms with van der Waals surface area (Å²) in [5.74, 6) is -3.88. The molecule has 0 amide bonds. The van der Waals surface area contributed by atoms with Crippen LogP contribution in [0.25, 0.3) is 0 Å². The molecule has 0 aliphatic heterocycles. The van der Waals surface area contributed by atoms with Crippen LogP contribution >= 0.6 is 0 Å². The lowest BCUT2D eigenvalue weighted by molar-refractivity contribution is -0.150. The van der Waals surface area contributed by atoms with Gasteiger partial charge in [0.05, 0.1) is 12.0 Å². The molecule has 1 saturated carbocycles. The fourth-order valence-electron chi connectivity index (χ4n) is 1.54. The molecule has 3 nitrogen and oxygen atoms in total. The lowest BCUT2D eigenvalue weighted by Crippen LogP contribution is -2.40. The van der Waals surface area contributed by atoms with Crippen molar-refractivity contribution < 1.29 is 23.8 Å². The van der Waals surface area contributed by atoms with Crippen LogP contribution in [0, 0.1) is 0 Å². The van der Waals surface area contributed by atoms with Crippen molar-refractivity contribution in [1.29, 1.82) is 0 Å². The number of alkyl halides is 2. The van der Waals surface area contributed by atoms with Crippen molar-refractivity contribution in [1.82, 2.24) is 0 Å². The van der Waals surface area contributed by atoms with Gasteiger partial charge in [-0.25, -0.2) is 8.78 Å². The van der Waals surface area contributed by atoms with Crippen molar-refractivity contribution in [2.75, 3.05) is 0 Å². The molecule has 76 valence electrons. The summed E-state index contributed by atoms with van der Waals surface area (Å²) in [4.78, 5) is 10.3. The van der Waals surface area contributed by atoms with E-state index in [-0.39, 0.29) is 12.8 Å². The number of carboxylic acids is 1. The first-order valence-electron chi connectivity index (χ1n) is 4.15. The largest absolute Gasteiger partial charge is 0.481 e. The summed E-state index contributed by atoms with van der Waals surface area (Å²) < 4.78 is 25.3. The molecule has 0 radical (unpaired) electrons. The Labute approximate surface area is 74.4 Å². The molecule has 0 saturated heterocycles. The van der Waals surface area contributed by atoms with E-state index in [1.165, 1.54) is 0 Å². The van der Waals surface area contributed by atoms with E-state index in [1.807, 2.05) is 0 Å². The molecule has 0 spiro atoms. The number of aliphatic hydroxyl groups is 1. The summed E-state index contributed by atoms with van der Waals surface area (Å²) in [6.45, 7) is 0. The molecule has 2 N–H and O–H groups in total. The fraction of sp³-hybridized carbons (Fsp3) is 0.875. The monoisotopic (exact) mass is 194 g/mol. The van der Waals surface area contributed by atoms with Gasteiger partial charge >= 0.3 is 5.97 Å². The normalized spacial score (nSPS) is 25.5. The summed E-state index contributed by atoms with van der Waals surface area (Å²) in [6, 6.07) is 0. The Morgan fingerprint density at radius 3 is 2.08 bits per heavy atom.